The number of hydrogen-bond donors (Lipinski definition) is 2. The van der Waals surface area contributed by atoms with E-state index in [9.17, 15) is 18.0 Å². The molecule has 9 heteroatoms. The van der Waals surface area contributed by atoms with E-state index in [1.54, 1.807) is 21.8 Å². The van der Waals surface area contributed by atoms with Crippen LogP contribution in [0.4, 0.5) is 0 Å². The number of allylic oxidation sites excluding steroid dienone is 1. The fourth-order valence-electron chi connectivity index (χ4n) is 4.09. The fourth-order valence-corrected chi connectivity index (χ4v) is 6.93. The first-order valence-corrected chi connectivity index (χ1v) is 13.1. The minimum absolute atomic E-state index is 0.160. The molecule has 2 N–H and O–H groups in total. The van der Waals surface area contributed by atoms with Crippen molar-refractivity contribution in [1.82, 2.24) is 14.9 Å². The van der Waals surface area contributed by atoms with Gasteiger partial charge in [-0.25, -0.2) is 8.42 Å². The Balaban J connectivity index is 1.43. The van der Waals surface area contributed by atoms with E-state index in [2.05, 4.69) is 16.7 Å². The van der Waals surface area contributed by atoms with Gasteiger partial charge in [-0.15, -0.1) is 11.3 Å². The Bertz CT molecular complexity index is 850. The van der Waals surface area contributed by atoms with Crippen LogP contribution in [0, 0.1) is 0 Å². The minimum Gasteiger partial charge on any atom is -0.348 e. The van der Waals surface area contributed by atoms with Crippen LogP contribution in [-0.4, -0.2) is 50.2 Å². The number of nitrogens with one attached hydrogen (secondary N) is 2. The van der Waals surface area contributed by atoms with Gasteiger partial charge in [0.1, 0.15) is 4.21 Å². The Morgan fingerprint density at radius 1 is 1.10 bits per heavy atom. The topological polar surface area (TPSA) is 95.6 Å². The van der Waals surface area contributed by atoms with Gasteiger partial charge in [0.25, 0.3) is 10.0 Å². The van der Waals surface area contributed by atoms with Crippen molar-refractivity contribution >= 4 is 33.2 Å². The summed E-state index contributed by atoms with van der Waals surface area (Å²) in [5.41, 5.74) is 1.35. The van der Waals surface area contributed by atoms with E-state index in [0.29, 0.717) is 23.7 Å². The van der Waals surface area contributed by atoms with E-state index in [1.807, 2.05) is 0 Å². The second-order valence-electron chi connectivity index (χ2n) is 7.86. The second kappa shape index (κ2) is 11.1. The van der Waals surface area contributed by atoms with E-state index in [1.165, 1.54) is 29.8 Å². The molecule has 1 fully saturated rings. The van der Waals surface area contributed by atoms with Crippen LogP contribution in [0.5, 0.6) is 0 Å². The number of amides is 2. The van der Waals surface area contributed by atoms with Crippen LogP contribution in [0.25, 0.3) is 0 Å². The Kier molecular flexibility index (Phi) is 8.47. The van der Waals surface area contributed by atoms with Gasteiger partial charge in [0.15, 0.2) is 0 Å². The average Bonchev–Trinajstić information content (AvgIpc) is 3.30. The monoisotopic (exact) mass is 453 g/mol. The molecule has 1 aromatic rings. The summed E-state index contributed by atoms with van der Waals surface area (Å²) in [6, 6.07) is 3.20. The quantitative estimate of drug-likeness (QED) is 0.467. The molecular weight excluding hydrogens is 422 g/mol. The third-order valence-corrected chi connectivity index (χ3v) is 9.04. The maximum Gasteiger partial charge on any atom is 0.309 e. The average molecular weight is 454 g/mol. The maximum atomic E-state index is 12.9. The van der Waals surface area contributed by atoms with Gasteiger partial charge in [-0.2, -0.15) is 4.31 Å². The molecule has 7 nitrogen and oxygen atoms in total. The first-order chi connectivity index (χ1) is 14.5. The summed E-state index contributed by atoms with van der Waals surface area (Å²) in [6.45, 7) is 1.24. The van der Waals surface area contributed by atoms with Crippen molar-refractivity contribution in [2.24, 2.45) is 0 Å². The van der Waals surface area contributed by atoms with Gasteiger partial charge in [0.05, 0.1) is 0 Å². The summed E-state index contributed by atoms with van der Waals surface area (Å²) in [4.78, 5) is 24.1. The molecule has 30 heavy (non-hydrogen) atoms. The number of sulfonamides is 1. The maximum absolute atomic E-state index is 12.9. The lowest BCUT2D eigenvalue weighted by Gasteiger charge is -2.34. The highest BCUT2D eigenvalue weighted by atomic mass is 32.2. The predicted octanol–water partition coefficient (Wildman–Crippen LogP) is 2.80. The Morgan fingerprint density at radius 2 is 1.90 bits per heavy atom. The second-order valence-corrected chi connectivity index (χ2v) is 10.9. The van der Waals surface area contributed by atoms with Gasteiger partial charge >= 0.3 is 11.8 Å². The van der Waals surface area contributed by atoms with Crippen LogP contribution in [0.15, 0.2) is 33.4 Å². The van der Waals surface area contributed by atoms with Crippen LogP contribution in [-0.2, 0) is 19.6 Å². The summed E-state index contributed by atoms with van der Waals surface area (Å²) >= 11 is 1.22. The Labute approximate surface area is 183 Å². The van der Waals surface area contributed by atoms with Crippen molar-refractivity contribution in [2.45, 2.75) is 68.0 Å². The largest absolute Gasteiger partial charge is 0.348 e. The molecule has 0 aromatic carbocycles. The Morgan fingerprint density at radius 3 is 2.60 bits per heavy atom. The highest BCUT2D eigenvalue weighted by molar-refractivity contribution is 7.91. The lowest BCUT2D eigenvalue weighted by molar-refractivity contribution is -0.139. The van der Waals surface area contributed by atoms with Crippen molar-refractivity contribution in [3.05, 3.63) is 29.2 Å². The van der Waals surface area contributed by atoms with Gasteiger partial charge in [-0.1, -0.05) is 24.1 Å². The SMILES string of the molecule is O=C(NCCC1=CCCCC1)C(=O)NCC[C@@H]1CCCCN1S(=O)(=O)c1cccs1. The van der Waals surface area contributed by atoms with Crippen LogP contribution < -0.4 is 10.6 Å². The third kappa shape index (κ3) is 6.15. The summed E-state index contributed by atoms with van der Waals surface area (Å²) in [5.74, 6) is -1.28. The first-order valence-electron chi connectivity index (χ1n) is 10.8. The molecule has 0 radical (unpaired) electrons. The van der Waals surface area contributed by atoms with Crippen molar-refractivity contribution in [3.63, 3.8) is 0 Å². The minimum atomic E-state index is -3.50. The lowest BCUT2D eigenvalue weighted by atomic mass is 9.97. The van der Waals surface area contributed by atoms with Crippen molar-refractivity contribution in [2.75, 3.05) is 19.6 Å². The van der Waals surface area contributed by atoms with Crippen LogP contribution in [0.2, 0.25) is 0 Å². The van der Waals surface area contributed by atoms with E-state index in [4.69, 9.17) is 0 Å². The zero-order chi connectivity index (χ0) is 21.4. The van der Waals surface area contributed by atoms with E-state index < -0.39 is 21.8 Å². The number of piperidine rings is 1. The van der Waals surface area contributed by atoms with Crippen molar-refractivity contribution < 1.29 is 18.0 Å². The summed E-state index contributed by atoms with van der Waals surface area (Å²) in [6.07, 6.45) is 10.7. The standard InChI is InChI=1S/C21H31N3O4S2/c25-20(22-13-11-17-7-2-1-3-8-17)21(26)23-14-12-18-9-4-5-15-24(18)30(27,28)19-10-6-16-29-19/h6-7,10,16,18H,1-5,8-9,11-15H2,(H,22,25)(H,23,26)/t18-/m0/s1. The van der Waals surface area contributed by atoms with Gasteiger partial charge in [0.2, 0.25) is 0 Å². The summed E-state index contributed by atoms with van der Waals surface area (Å²) < 4.78 is 27.7. The molecule has 1 atom stereocenters. The van der Waals surface area contributed by atoms with E-state index in [0.717, 1.165) is 38.5 Å². The lowest BCUT2D eigenvalue weighted by Crippen LogP contribution is -2.46. The van der Waals surface area contributed by atoms with Crippen molar-refractivity contribution in [1.29, 1.82) is 0 Å². The third-order valence-electron chi connectivity index (χ3n) is 5.72. The van der Waals surface area contributed by atoms with Gasteiger partial charge in [0, 0.05) is 25.7 Å². The van der Waals surface area contributed by atoms with Crippen LogP contribution in [0.3, 0.4) is 0 Å². The number of thiophene rings is 1. The smallest absolute Gasteiger partial charge is 0.309 e. The Hall–Kier alpha value is -1.71. The predicted molar refractivity (Wildman–Crippen MR) is 118 cm³/mol. The molecule has 0 saturated carbocycles. The molecule has 166 valence electrons. The zero-order valence-electron chi connectivity index (χ0n) is 17.3. The summed E-state index contributed by atoms with van der Waals surface area (Å²) in [7, 11) is -3.50. The number of rotatable bonds is 8. The zero-order valence-corrected chi connectivity index (χ0v) is 18.9. The first kappa shape index (κ1) is 23.0. The molecule has 1 aromatic heterocycles. The molecule has 2 aliphatic rings. The van der Waals surface area contributed by atoms with Crippen molar-refractivity contribution in [3.8, 4) is 0 Å². The number of carbonyl (C=O) groups is 2. The molecule has 2 amide bonds. The molecule has 1 aliphatic carbocycles. The molecule has 3 rings (SSSR count). The molecule has 0 spiro atoms. The van der Waals surface area contributed by atoms with Crippen LogP contribution >= 0.6 is 11.3 Å². The normalized spacial score (nSPS) is 20.4. The molecule has 1 saturated heterocycles. The van der Waals surface area contributed by atoms with E-state index >= 15 is 0 Å². The summed E-state index contributed by atoms with van der Waals surface area (Å²) in [5, 5.41) is 7.07. The van der Waals surface area contributed by atoms with Gasteiger partial charge < -0.3 is 10.6 Å². The number of nitrogens with zero attached hydrogens (tertiary/aromatic N) is 1. The fraction of sp³-hybridized carbons (Fsp3) is 0.619. The highest BCUT2D eigenvalue weighted by Gasteiger charge is 2.33. The number of carbonyl (C=O) groups excluding carboxylic acids is 2. The molecule has 0 bridgehead atoms. The molecule has 0 unspecified atom stereocenters. The van der Waals surface area contributed by atoms with E-state index in [-0.39, 0.29) is 12.6 Å². The van der Waals surface area contributed by atoms with Gasteiger partial charge in [-0.05, 0) is 62.8 Å². The highest BCUT2D eigenvalue weighted by Crippen LogP contribution is 2.29. The van der Waals surface area contributed by atoms with Crippen LogP contribution in [0.1, 0.15) is 57.8 Å². The number of hydrogen-bond acceptors (Lipinski definition) is 5. The molecule has 2 heterocycles. The van der Waals surface area contributed by atoms with Gasteiger partial charge in [-0.3, -0.25) is 9.59 Å². The molecule has 1 aliphatic heterocycles. The molecular formula is C21H31N3O4S2.